The molecule has 0 aliphatic heterocycles. The summed E-state index contributed by atoms with van der Waals surface area (Å²) in [5.74, 6) is 0. The molecule has 1 N–H and O–H groups in total. The van der Waals surface area contributed by atoms with E-state index in [1.54, 1.807) is 0 Å². The van der Waals surface area contributed by atoms with Crippen molar-refractivity contribution in [2.45, 2.75) is 13.8 Å². The summed E-state index contributed by atoms with van der Waals surface area (Å²) in [6.07, 6.45) is 0.627. The molecule has 1 aromatic rings. The van der Waals surface area contributed by atoms with Gasteiger partial charge in [-0.05, 0) is 36.0 Å². The van der Waals surface area contributed by atoms with Crippen LogP contribution in [-0.2, 0) is 0 Å². The Balaban J connectivity index is 2.77. The number of hydrogen-bond acceptors (Lipinski definition) is 4. The van der Waals surface area contributed by atoms with Crippen molar-refractivity contribution in [3.05, 3.63) is 39.4 Å². The minimum atomic E-state index is -0.613. The number of aryl methyl sites for hydroxylation is 1. The molecule has 5 heteroatoms. The first-order chi connectivity index (χ1) is 6.61. The van der Waals surface area contributed by atoms with Crippen LogP contribution < -0.4 is 5.43 Å². The highest BCUT2D eigenvalue weighted by molar-refractivity contribution is 5.55. The lowest BCUT2D eigenvalue weighted by Gasteiger charge is -2.03. The molecule has 0 saturated heterocycles. The number of nitrogens with zero attached hydrogens (tertiary/aromatic N) is 2. The van der Waals surface area contributed by atoms with Gasteiger partial charge in [0.2, 0.25) is 0 Å². The predicted octanol–water partition coefficient (Wildman–Crippen LogP) is 1.94. The number of hydrazone groups is 1. The minimum absolute atomic E-state index is 0.613. The van der Waals surface area contributed by atoms with Crippen molar-refractivity contribution in [2.75, 3.05) is 5.43 Å². The fourth-order valence-corrected chi connectivity index (χ4v) is 1.02. The van der Waals surface area contributed by atoms with Gasteiger partial charge in [0.05, 0.1) is 5.69 Å². The molecule has 0 aliphatic rings. The van der Waals surface area contributed by atoms with Crippen LogP contribution in [0.1, 0.15) is 11.1 Å². The summed E-state index contributed by atoms with van der Waals surface area (Å²) >= 11 is 0. The first kappa shape index (κ1) is 10.2. The number of benzene rings is 1. The summed E-state index contributed by atoms with van der Waals surface area (Å²) < 4.78 is 0. The highest BCUT2D eigenvalue weighted by Crippen LogP contribution is 2.17. The van der Waals surface area contributed by atoms with Crippen LogP contribution in [-0.4, -0.2) is 11.3 Å². The molecule has 0 aliphatic carbocycles. The topological polar surface area (TPSA) is 67.5 Å². The van der Waals surface area contributed by atoms with Crippen molar-refractivity contribution in [2.24, 2.45) is 5.10 Å². The van der Waals surface area contributed by atoms with E-state index < -0.39 is 4.92 Å². The van der Waals surface area contributed by atoms with E-state index in [0.29, 0.717) is 6.34 Å². The van der Waals surface area contributed by atoms with Crippen LogP contribution in [0.4, 0.5) is 5.69 Å². The highest BCUT2D eigenvalue weighted by Gasteiger charge is 2.00. The maximum Gasteiger partial charge on any atom is 0.352 e. The molecule has 1 aromatic carbocycles. The Labute approximate surface area is 81.6 Å². The van der Waals surface area contributed by atoms with E-state index in [9.17, 15) is 10.1 Å². The van der Waals surface area contributed by atoms with Crippen molar-refractivity contribution in [1.29, 1.82) is 0 Å². The van der Waals surface area contributed by atoms with Gasteiger partial charge in [0.25, 0.3) is 0 Å². The average Bonchev–Trinajstić information content (AvgIpc) is 2.12. The molecule has 0 spiro atoms. The summed E-state index contributed by atoms with van der Waals surface area (Å²) in [5, 5.41) is 13.4. The van der Waals surface area contributed by atoms with E-state index >= 15 is 0 Å². The van der Waals surface area contributed by atoms with Crippen LogP contribution in [0.25, 0.3) is 0 Å². The van der Waals surface area contributed by atoms with Gasteiger partial charge in [0.15, 0.2) is 0 Å². The molecule has 0 radical (unpaired) electrons. The summed E-state index contributed by atoms with van der Waals surface area (Å²) in [6, 6.07) is 5.66. The van der Waals surface area contributed by atoms with Gasteiger partial charge in [-0.25, -0.2) is 0 Å². The summed E-state index contributed by atoms with van der Waals surface area (Å²) in [4.78, 5) is 9.34. The summed E-state index contributed by atoms with van der Waals surface area (Å²) in [7, 11) is 0. The Kier molecular flexibility index (Phi) is 3.17. The van der Waals surface area contributed by atoms with Crippen molar-refractivity contribution < 1.29 is 4.92 Å². The second-order valence-electron chi connectivity index (χ2n) is 2.89. The van der Waals surface area contributed by atoms with Gasteiger partial charge in [-0.1, -0.05) is 12.1 Å². The maximum atomic E-state index is 9.96. The van der Waals surface area contributed by atoms with Gasteiger partial charge in [-0.3, -0.25) is 0 Å². The minimum Gasteiger partial charge on any atom is -0.358 e. The first-order valence-corrected chi connectivity index (χ1v) is 4.10. The summed E-state index contributed by atoms with van der Waals surface area (Å²) in [5.41, 5.74) is 5.55. The van der Waals surface area contributed by atoms with Crippen molar-refractivity contribution in [3.63, 3.8) is 0 Å². The summed E-state index contributed by atoms with van der Waals surface area (Å²) in [6.45, 7) is 3.90. The molecule has 0 fully saturated rings. The Hall–Kier alpha value is -1.91. The van der Waals surface area contributed by atoms with Crippen LogP contribution in [0.15, 0.2) is 23.3 Å². The zero-order valence-electron chi connectivity index (χ0n) is 8.02. The lowest BCUT2D eigenvalue weighted by Crippen LogP contribution is -1.98. The molecule has 0 atom stereocenters. The van der Waals surface area contributed by atoms with Crippen molar-refractivity contribution >= 4 is 12.0 Å². The predicted molar refractivity (Wildman–Crippen MR) is 55.0 cm³/mol. The molecular formula is C9H11N3O2. The fourth-order valence-electron chi connectivity index (χ4n) is 1.02. The third-order valence-electron chi connectivity index (χ3n) is 1.94. The Morgan fingerprint density at radius 1 is 1.50 bits per heavy atom. The fraction of sp³-hybridized carbons (Fsp3) is 0.222. The Morgan fingerprint density at radius 2 is 2.21 bits per heavy atom. The van der Waals surface area contributed by atoms with E-state index in [4.69, 9.17) is 0 Å². The third kappa shape index (κ3) is 2.55. The Bertz CT molecular complexity index is 374. The first-order valence-electron chi connectivity index (χ1n) is 4.10. The quantitative estimate of drug-likeness (QED) is 0.345. The SMILES string of the molecule is Cc1cccc(N/N=C/[N+](=O)[O-])c1C. The van der Waals surface area contributed by atoms with Crippen LogP contribution >= 0.6 is 0 Å². The van der Waals surface area contributed by atoms with E-state index in [1.165, 1.54) is 0 Å². The molecule has 0 aromatic heterocycles. The maximum absolute atomic E-state index is 9.96. The van der Waals surface area contributed by atoms with E-state index in [1.807, 2.05) is 32.0 Å². The molecule has 1 rings (SSSR count). The van der Waals surface area contributed by atoms with Gasteiger partial charge in [0.1, 0.15) is 0 Å². The monoisotopic (exact) mass is 193 g/mol. The van der Waals surface area contributed by atoms with E-state index in [2.05, 4.69) is 10.5 Å². The largest absolute Gasteiger partial charge is 0.358 e. The van der Waals surface area contributed by atoms with Gasteiger partial charge in [-0.2, -0.15) is 5.43 Å². The third-order valence-corrected chi connectivity index (χ3v) is 1.94. The van der Waals surface area contributed by atoms with Gasteiger partial charge < -0.3 is 10.1 Å². The molecule has 5 nitrogen and oxygen atoms in total. The number of rotatable bonds is 3. The molecular weight excluding hydrogens is 182 g/mol. The lowest BCUT2D eigenvalue weighted by atomic mass is 10.1. The number of nitro groups is 1. The number of anilines is 1. The molecule has 0 unspecified atom stereocenters. The molecule has 14 heavy (non-hydrogen) atoms. The molecule has 0 heterocycles. The highest BCUT2D eigenvalue weighted by atomic mass is 16.6. The van der Waals surface area contributed by atoms with Crippen LogP contribution in [0.3, 0.4) is 0 Å². The van der Waals surface area contributed by atoms with Crippen molar-refractivity contribution in [1.82, 2.24) is 0 Å². The molecule has 0 bridgehead atoms. The van der Waals surface area contributed by atoms with Gasteiger partial charge in [0, 0.05) is 5.10 Å². The Morgan fingerprint density at radius 3 is 2.86 bits per heavy atom. The van der Waals surface area contributed by atoms with E-state index in [-0.39, 0.29) is 0 Å². The molecule has 0 saturated carbocycles. The van der Waals surface area contributed by atoms with Gasteiger partial charge in [-0.15, -0.1) is 0 Å². The second-order valence-corrected chi connectivity index (χ2v) is 2.89. The molecule has 0 amide bonds. The zero-order valence-corrected chi connectivity index (χ0v) is 8.02. The van der Waals surface area contributed by atoms with Crippen molar-refractivity contribution in [3.8, 4) is 0 Å². The van der Waals surface area contributed by atoms with E-state index in [0.717, 1.165) is 16.8 Å². The zero-order chi connectivity index (χ0) is 10.6. The number of nitrogens with one attached hydrogen (secondary N) is 1. The molecule has 74 valence electrons. The second kappa shape index (κ2) is 4.36. The standard InChI is InChI=1S/C9H11N3O2/c1-7-4-3-5-9(8(7)2)11-10-6-12(13)14/h3-6,11H,1-2H3/b10-6+. The van der Waals surface area contributed by atoms with Crippen LogP contribution in [0.5, 0.6) is 0 Å². The number of hydrogen-bond donors (Lipinski definition) is 1. The average molecular weight is 193 g/mol. The van der Waals surface area contributed by atoms with Crippen LogP contribution in [0.2, 0.25) is 0 Å². The normalized spacial score (nSPS) is 10.4. The lowest BCUT2D eigenvalue weighted by molar-refractivity contribution is -0.339. The van der Waals surface area contributed by atoms with Crippen LogP contribution in [0, 0.1) is 24.0 Å². The smallest absolute Gasteiger partial charge is 0.352 e. The van der Waals surface area contributed by atoms with Gasteiger partial charge >= 0.3 is 6.34 Å².